The molecule has 0 saturated heterocycles. The molecule has 1 atom stereocenters. The summed E-state index contributed by atoms with van der Waals surface area (Å²) in [6.07, 6.45) is 4.09. The molecule has 90 valence electrons. The Morgan fingerprint density at radius 1 is 1.40 bits per heavy atom. The van der Waals surface area contributed by atoms with E-state index in [9.17, 15) is 0 Å². The zero-order valence-corrected chi connectivity index (χ0v) is 11.1. The van der Waals surface area contributed by atoms with Crippen molar-refractivity contribution in [3.8, 4) is 0 Å². The summed E-state index contributed by atoms with van der Waals surface area (Å²) in [6, 6.07) is 0.649. The van der Waals surface area contributed by atoms with Crippen molar-refractivity contribution in [1.29, 1.82) is 0 Å². The number of rotatable bonds is 7. The van der Waals surface area contributed by atoms with Crippen LogP contribution in [0.1, 0.15) is 47.0 Å². The van der Waals surface area contributed by atoms with Gasteiger partial charge in [0.2, 0.25) is 0 Å². The Balaban J connectivity index is 2.18. The van der Waals surface area contributed by atoms with Gasteiger partial charge in [-0.3, -0.25) is 0 Å². The first-order chi connectivity index (χ1) is 6.94. The van der Waals surface area contributed by atoms with Crippen molar-refractivity contribution < 1.29 is 0 Å². The summed E-state index contributed by atoms with van der Waals surface area (Å²) < 4.78 is 0. The van der Waals surface area contributed by atoms with E-state index >= 15 is 0 Å². The third-order valence-electron chi connectivity index (χ3n) is 3.76. The van der Waals surface area contributed by atoms with Gasteiger partial charge in [-0.25, -0.2) is 0 Å². The van der Waals surface area contributed by atoms with Gasteiger partial charge in [0.15, 0.2) is 0 Å². The van der Waals surface area contributed by atoms with E-state index < -0.39 is 0 Å². The van der Waals surface area contributed by atoms with Crippen LogP contribution in [0.5, 0.6) is 0 Å². The lowest BCUT2D eigenvalue weighted by Gasteiger charge is -2.30. The van der Waals surface area contributed by atoms with E-state index in [0.29, 0.717) is 6.04 Å². The Bertz CT molecular complexity index is 185. The van der Waals surface area contributed by atoms with Gasteiger partial charge < -0.3 is 10.2 Å². The molecule has 1 rings (SSSR count). The molecule has 0 aromatic rings. The lowest BCUT2D eigenvalue weighted by atomic mass is 10.0. The van der Waals surface area contributed by atoms with Gasteiger partial charge in [0.25, 0.3) is 0 Å². The molecule has 1 N–H and O–H groups in total. The van der Waals surface area contributed by atoms with Gasteiger partial charge >= 0.3 is 0 Å². The quantitative estimate of drug-likeness (QED) is 0.697. The molecule has 1 aliphatic rings. The highest BCUT2D eigenvalue weighted by Gasteiger charge is 2.25. The van der Waals surface area contributed by atoms with E-state index in [-0.39, 0.29) is 5.54 Å². The largest absolute Gasteiger partial charge is 0.310 e. The fraction of sp³-hybridized carbons (Fsp3) is 1.00. The van der Waals surface area contributed by atoms with Crippen LogP contribution in [0.3, 0.4) is 0 Å². The Morgan fingerprint density at radius 2 is 2.00 bits per heavy atom. The average Bonchev–Trinajstić information content (AvgIpc) is 2.98. The van der Waals surface area contributed by atoms with Gasteiger partial charge in [-0.2, -0.15) is 0 Å². The van der Waals surface area contributed by atoms with Gasteiger partial charge in [-0.05, 0) is 53.0 Å². The van der Waals surface area contributed by atoms with Crippen LogP contribution in [0.2, 0.25) is 0 Å². The van der Waals surface area contributed by atoms with Crippen molar-refractivity contribution in [3.05, 3.63) is 0 Å². The van der Waals surface area contributed by atoms with Gasteiger partial charge in [0.1, 0.15) is 0 Å². The summed E-state index contributed by atoms with van der Waals surface area (Å²) in [5.74, 6) is 0.997. The lowest BCUT2D eigenvalue weighted by Crippen LogP contribution is -2.46. The van der Waals surface area contributed by atoms with Gasteiger partial charge in [-0.15, -0.1) is 0 Å². The summed E-state index contributed by atoms with van der Waals surface area (Å²) in [7, 11) is 2.25. The van der Waals surface area contributed by atoms with Crippen molar-refractivity contribution in [2.75, 3.05) is 20.1 Å². The van der Waals surface area contributed by atoms with Gasteiger partial charge in [0, 0.05) is 24.7 Å². The van der Waals surface area contributed by atoms with Crippen LogP contribution in [-0.4, -0.2) is 36.6 Å². The molecule has 0 heterocycles. The standard InChI is InChI=1S/C13H28N2/c1-6-13(3,4)14-9-11(2)15(5)10-12-7-8-12/h11-12,14H,6-10H2,1-5H3. The molecule has 2 nitrogen and oxygen atoms in total. The summed E-state index contributed by atoms with van der Waals surface area (Å²) in [6.45, 7) is 11.5. The zero-order valence-electron chi connectivity index (χ0n) is 11.1. The van der Waals surface area contributed by atoms with Gasteiger partial charge in [0.05, 0.1) is 0 Å². The van der Waals surface area contributed by atoms with Crippen LogP contribution in [-0.2, 0) is 0 Å². The normalized spacial score (nSPS) is 19.6. The SMILES string of the molecule is CCC(C)(C)NCC(C)N(C)CC1CC1. The minimum atomic E-state index is 0.286. The summed E-state index contributed by atoms with van der Waals surface area (Å²) in [4.78, 5) is 2.50. The van der Waals surface area contributed by atoms with Crippen molar-refractivity contribution in [3.63, 3.8) is 0 Å². The third kappa shape index (κ3) is 4.98. The number of nitrogens with one attached hydrogen (secondary N) is 1. The van der Waals surface area contributed by atoms with Crippen LogP contribution < -0.4 is 5.32 Å². The molecule has 0 aromatic heterocycles. The second kappa shape index (κ2) is 5.31. The second-order valence-electron chi connectivity index (χ2n) is 5.85. The maximum Gasteiger partial charge on any atom is 0.0189 e. The average molecular weight is 212 g/mol. The number of nitrogens with zero attached hydrogens (tertiary/aromatic N) is 1. The van der Waals surface area contributed by atoms with Crippen LogP contribution in [0, 0.1) is 5.92 Å². The minimum absolute atomic E-state index is 0.286. The maximum atomic E-state index is 3.64. The molecular weight excluding hydrogens is 184 g/mol. The molecule has 0 aliphatic heterocycles. The first kappa shape index (κ1) is 13.0. The topological polar surface area (TPSA) is 15.3 Å². The van der Waals surface area contributed by atoms with E-state index in [1.54, 1.807) is 0 Å². The summed E-state index contributed by atoms with van der Waals surface area (Å²) in [5.41, 5.74) is 0.286. The highest BCUT2D eigenvalue weighted by molar-refractivity contribution is 4.81. The molecule has 2 heteroatoms. The van der Waals surface area contributed by atoms with Crippen LogP contribution in [0.4, 0.5) is 0 Å². The van der Waals surface area contributed by atoms with Gasteiger partial charge in [-0.1, -0.05) is 6.92 Å². The van der Waals surface area contributed by atoms with Crippen molar-refractivity contribution in [1.82, 2.24) is 10.2 Å². The Morgan fingerprint density at radius 3 is 2.47 bits per heavy atom. The Kier molecular flexibility index (Phi) is 4.60. The Hall–Kier alpha value is -0.0800. The molecule has 1 fully saturated rings. The molecule has 1 saturated carbocycles. The maximum absolute atomic E-state index is 3.64. The molecular formula is C13H28N2. The van der Waals surface area contributed by atoms with Crippen molar-refractivity contribution >= 4 is 0 Å². The minimum Gasteiger partial charge on any atom is -0.310 e. The van der Waals surface area contributed by atoms with Crippen LogP contribution >= 0.6 is 0 Å². The fourth-order valence-electron chi connectivity index (χ4n) is 1.59. The molecule has 15 heavy (non-hydrogen) atoms. The van der Waals surface area contributed by atoms with Crippen molar-refractivity contribution in [2.45, 2.75) is 58.5 Å². The molecule has 1 aliphatic carbocycles. The number of hydrogen-bond donors (Lipinski definition) is 1. The molecule has 0 amide bonds. The number of likely N-dealkylation sites (N-methyl/N-ethyl adjacent to an activating group) is 1. The lowest BCUT2D eigenvalue weighted by molar-refractivity contribution is 0.223. The molecule has 1 unspecified atom stereocenters. The first-order valence-electron chi connectivity index (χ1n) is 6.40. The predicted octanol–water partition coefficient (Wildman–Crippen LogP) is 2.49. The zero-order chi connectivity index (χ0) is 11.5. The highest BCUT2D eigenvalue weighted by Crippen LogP contribution is 2.29. The van der Waals surface area contributed by atoms with E-state index in [0.717, 1.165) is 12.5 Å². The first-order valence-corrected chi connectivity index (χ1v) is 6.40. The van der Waals surface area contributed by atoms with E-state index in [1.807, 2.05) is 0 Å². The smallest absolute Gasteiger partial charge is 0.0189 e. The highest BCUT2D eigenvalue weighted by atomic mass is 15.2. The third-order valence-corrected chi connectivity index (χ3v) is 3.76. The molecule has 0 bridgehead atoms. The van der Waals surface area contributed by atoms with E-state index in [2.05, 4.69) is 45.0 Å². The molecule has 0 radical (unpaired) electrons. The van der Waals surface area contributed by atoms with Crippen LogP contribution in [0.25, 0.3) is 0 Å². The summed E-state index contributed by atoms with van der Waals surface area (Å²) in [5, 5.41) is 3.64. The van der Waals surface area contributed by atoms with E-state index in [1.165, 1.54) is 25.8 Å². The molecule has 0 spiro atoms. The number of hydrogen-bond acceptors (Lipinski definition) is 2. The second-order valence-corrected chi connectivity index (χ2v) is 5.85. The van der Waals surface area contributed by atoms with Crippen molar-refractivity contribution in [2.24, 2.45) is 5.92 Å². The monoisotopic (exact) mass is 212 g/mol. The predicted molar refractivity (Wildman–Crippen MR) is 67.2 cm³/mol. The molecule has 0 aromatic carbocycles. The van der Waals surface area contributed by atoms with Crippen LogP contribution in [0.15, 0.2) is 0 Å². The summed E-state index contributed by atoms with van der Waals surface area (Å²) >= 11 is 0. The Labute approximate surface area is 95.4 Å². The fourth-order valence-corrected chi connectivity index (χ4v) is 1.59. The van der Waals surface area contributed by atoms with E-state index in [4.69, 9.17) is 0 Å².